The van der Waals surface area contributed by atoms with Gasteiger partial charge in [0.2, 0.25) is 15.9 Å². The van der Waals surface area contributed by atoms with E-state index in [9.17, 15) is 13.2 Å². The Balaban J connectivity index is 1.79. The SMILES string of the molecule is CCCCN(CC(=O)N(Cc1cccn1C)C1CC1)S(=O)(=O)c1ccccc1. The van der Waals surface area contributed by atoms with Crippen molar-refractivity contribution in [3.8, 4) is 0 Å². The largest absolute Gasteiger partial charge is 0.353 e. The van der Waals surface area contributed by atoms with Crippen LogP contribution in [0.4, 0.5) is 0 Å². The van der Waals surface area contributed by atoms with Gasteiger partial charge in [-0.05, 0) is 43.5 Å². The van der Waals surface area contributed by atoms with Gasteiger partial charge in [0, 0.05) is 31.5 Å². The maximum atomic E-state index is 13.1. The average molecular weight is 404 g/mol. The van der Waals surface area contributed by atoms with Crippen molar-refractivity contribution in [3.63, 3.8) is 0 Å². The molecule has 0 unspecified atom stereocenters. The molecule has 1 saturated carbocycles. The molecule has 0 N–H and O–H groups in total. The smallest absolute Gasteiger partial charge is 0.243 e. The van der Waals surface area contributed by atoms with E-state index in [2.05, 4.69) is 0 Å². The van der Waals surface area contributed by atoms with Crippen LogP contribution in [0.2, 0.25) is 0 Å². The van der Waals surface area contributed by atoms with Crippen molar-refractivity contribution in [2.45, 2.75) is 50.1 Å². The molecule has 1 aromatic carbocycles. The second-order valence-electron chi connectivity index (χ2n) is 7.37. The molecule has 28 heavy (non-hydrogen) atoms. The minimum atomic E-state index is -3.70. The van der Waals surface area contributed by atoms with Gasteiger partial charge in [0.05, 0.1) is 18.0 Å². The molecule has 7 heteroatoms. The Morgan fingerprint density at radius 1 is 1.14 bits per heavy atom. The summed E-state index contributed by atoms with van der Waals surface area (Å²) in [7, 11) is -1.74. The van der Waals surface area contributed by atoms with E-state index < -0.39 is 10.0 Å². The molecular formula is C21H29N3O3S. The first-order chi connectivity index (χ1) is 13.4. The van der Waals surface area contributed by atoms with E-state index in [1.807, 2.05) is 41.8 Å². The predicted molar refractivity (Wildman–Crippen MR) is 109 cm³/mol. The van der Waals surface area contributed by atoms with Crippen LogP contribution in [0.5, 0.6) is 0 Å². The lowest BCUT2D eigenvalue weighted by Gasteiger charge is -2.27. The highest BCUT2D eigenvalue weighted by molar-refractivity contribution is 7.89. The topological polar surface area (TPSA) is 62.6 Å². The van der Waals surface area contributed by atoms with E-state index >= 15 is 0 Å². The van der Waals surface area contributed by atoms with E-state index in [-0.39, 0.29) is 23.4 Å². The normalized spacial score (nSPS) is 14.4. The number of hydrogen-bond donors (Lipinski definition) is 0. The highest BCUT2D eigenvalue weighted by Crippen LogP contribution is 2.29. The van der Waals surface area contributed by atoms with Crippen LogP contribution in [-0.4, -0.2) is 47.2 Å². The lowest BCUT2D eigenvalue weighted by molar-refractivity contribution is -0.132. The molecule has 1 heterocycles. The molecule has 6 nitrogen and oxygen atoms in total. The number of rotatable bonds is 10. The first kappa shape index (κ1) is 20.6. The van der Waals surface area contributed by atoms with Gasteiger partial charge in [-0.2, -0.15) is 4.31 Å². The van der Waals surface area contributed by atoms with Crippen LogP contribution in [0.25, 0.3) is 0 Å². The number of sulfonamides is 1. The van der Waals surface area contributed by atoms with Crippen molar-refractivity contribution in [2.24, 2.45) is 7.05 Å². The number of hydrogen-bond acceptors (Lipinski definition) is 3. The molecule has 0 radical (unpaired) electrons. The van der Waals surface area contributed by atoms with Crippen LogP contribution < -0.4 is 0 Å². The van der Waals surface area contributed by atoms with E-state index in [0.717, 1.165) is 31.4 Å². The van der Waals surface area contributed by atoms with Gasteiger partial charge in [0.25, 0.3) is 0 Å². The highest BCUT2D eigenvalue weighted by Gasteiger charge is 2.35. The fourth-order valence-electron chi connectivity index (χ4n) is 3.24. The molecule has 3 rings (SSSR count). The quantitative estimate of drug-likeness (QED) is 0.613. The van der Waals surface area contributed by atoms with Crippen LogP contribution in [0, 0.1) is 0 Å². The van der Waals surface area contributed by atoms with Crippen LogP contribution in [0.3, 0.4) is 0 Å². The van der Waals surface area contributed by atoms with Crippen LogP contribution in [0.15, 0.2) is 53.6 Å². The minimum absolute atomic E-state index is 0.113. The maximum Gasteiger partial charge on any atom is 0.243 e. The molecule has 152 valence electrons. The summed E-state index contributed by atoms with van der Waals surface area (Å²) in [6.07, 6.45) is 5.51. The van der Waals surface area contributed by atoms with E-state index in [1.165, 1.54) is 4.31 Å². The summed E-state index contributed by atoms with van der Waals surface area (Å²) in [5.74, 6) is -0.126. The molecule has 0 bridgehead atoms. The van der Waals surface area contributed by atoms with Gasteiger partial charge in [-0.15, -0.1) is 0 Å². The van der Waals surface area contributed by atoms with Crippen LogP contribution >= 0.6 is 0 Å². The molecule has 1 aliphatic rings. The summed E-state index contributed by atoms with van der Waals surface area (Å²) in [6, 6.07) is 12.5. The van der Waals surface area contributed by atoms with Gasteiger partial charge >= 0.3 is 0 Å². The standard InChI is InChI=1S/C21H29N3O3S/c1-3-4-15-23(28(26,27)20-10-6-5-7-11-20)17-21(25)24(18-12-13-18)16-19-9-8-14-22(19)2/h5-11,14,18H,3-4,12-13,15-17H2,1-2H3. The lowest BCUT2D eigenvalue weighted by Crippen LogP contribution is -2.44. The third-order valence-corrected chi connectivity index (χ3v) is 7.00. The fraction of sp³-hybridized carbons (Fsp3) is 0.476. The van der Waals surface area contributed by atoms with Crippen molar-refractivity contribution in [3.05, 3.63) is 54.4 Å². The molecule has 0 atom stereocenters. The number of unbranched alkanes of at least 4 members (excludes halogenated alkanes) is 1. The molecule has 1 amide bonds. The average Bonchev–Trinajstić information content (AvgIpc) is 3.45. The highest BCUT2D eigenvalue weighted by atomic mass is 32.2. The first-order valence-corrected chi connectivity index (χ1v) is 11.3. The summed E-state index contributed by atoms with van der Waals surface area (Å²) in [5, 5.41) is 0. The molecule has 1 aliphatic carbocycles. The molecular weight excluding hydrogens is 374 g/mol. The molecule has 0 spiro atoms. The first-order valence-electron chi connectivity index (χ1n) is 9.88. The molecule has 1 aromatic heterocycles. The number of aromatic nitrogens is 1. The summed E-state index contributed by atoms with van der Waals surface area (Å²) in [4.78, 5) is 15.2. The molecule has 0 aliphatic heterocycles. The summed E-state index contributed by atoms with van der Waals surface area (Å²) in [6.45, 7) is 2.77. The van der Waals surface area contributed by atoms with Crippen molar-refractivity contribution in [2.75, 3.05) is 13.1 Å². The number of carbonyl (C=O) groups is 1. The van der Waals surface area contributed by atoms with Gasteiger partial charge < -0.3 is 9.47 Å². The summed E-state index contributed by atoms with van der Waals surface area (Å²) in [5.41, 5.74) is 1.05. The molecule has 2 aromatic rings. The van der Waals surface area contributed by atoms with Crippen molar-refractivity contribution >= 4 is 15.9 Å². The summed E-state index contributed by atoms with van der Waals surface area (Å²) >= 11 is 0. The number of nitrogens with zero attached hydrogens (tertiary/aromatic N) is 3. The van der Waals surface area contributed by atoms with Crippen molar-refractivity contribution < 1.29 is 13.2 Å². The fourth-order valence-corrected chi connectivity index (χ4v) is 4.69. The monoisotopic (exact) mass is 403 g/mol. The minimum Gasteiger partial charge on any atom is -0.353 e. The van der Waals surface area contributed by atoms with Crippen LogP contribution in [-0.2, 0) is 28.4 Å². The predicted octanol–water partition coefficient (Wildman–Crippen LogP) is 3.01. The number of aryl methyl sites for hydroxylation is 1. The Labute approximate surface area is 167 Å². The van der Waals surface area contributed by atoms with Crippen molar-refractivity contribution in [1.82, 2.24) is 13.8 Å². The van der Waals surface area contributed by atoms with Gasteiger partial charge in [0.1, 0.15) is 0 Å². The lowest BCUT2D eigenvalue weighted by atomic mass is 10.3. The number of amides is 1. The zero-order valence-corrected chi connectivity index (χ0v) is 17.4. The second kappa shape index (κ2) is 8.92. The third kappa shape index (κ3) is 4.83. The van der Waals surface area contributed by atoms with E-state index in [1.54, 1.807) is 30.3 Å². The van der Waals surface area contributed by atoms with Gasteiger partial charge in [-0.3, -0.25) is 4.79 Å². The zero-order valence-electron chi connectivity index (χ0n) is 16.6. The molecule has 1 fully saturated rings. The Morgan fingerprint density at radius 2 is 1.86 bits per heavy atom. The molecule has 0 saturated heterocycles. The maximum absolute atomic E-state index is 13.1. The Bertz CT molecular complexity index is 889. The van der Waals surface area contributed by atoms with E-state index in [0.29, 0.717) is 13.1 Å². The zero-order chi connectivity index (χ0) is 20.1. The number of carbonyl (C=O) groups excluding carboxylic acids is 1. The van der Waals surface area contributed by atoms with Crippen LogP contribution in [0.1, 0.15) is 38.3 Å². The van der Waals surface area contributed by atoms with Gasteiger partial charge in [-0.1, -0.05) is 31.5 Å². The second-order valence-corrected chi connectivity index (χ2v) is 9.31. The summed E-state index contributed by atoms with van der Waals surface area (Å²) < 4.78 is 29.5. The Morgan fingerprint density at radius 3 is 2.43 bits per heavy atom. The third-order valence-electron chi connectivity index (χ3n) is 5.15. The van der Waals surface area contributed by atoms with Gasteiger partial charge in [-0.25, -0.2) is 8.42 Å². The Hall–Kier alpha value is -2.12. The van der Waals surface area contributed by atoms with Crippen molar-refractivity contribution in [1.29, 1.82) is 0 Å². The van der Waals surface area contributed by atoms with Gasteiger partial charge in [0.15, 0.2) is 0 Å². The van der Waals surface area contributed by atoms with E-state index in [4.69, 9.17) is 0 Å². The Kier molecular flexibility index (Phi) is 6.57. The number of benzene rings is 1.